The number of carbonyl (C=O) groups is 1. The van der Waals surface area contributed by atoms with E-state index in [1.165, 1.54) is 10.9 Å². The van der Waals surface area contributed by atoms with E-state index in [1.807, 2.05) is 109 Å². The van der Waals surface area contributed by atoms with Crippen molar-refractivity contribution in [2.24, 2.45) is 0 Å². The van der Waals surface area contributed by atoms with Crippen molar-refractivity contribution >= 4 is 34.8 Å². The van der Waals surface area contributed by atoms with Gasteiger partial charge in [-0.05, 0) is 42.9 Å². The average Bonchev–Trinajstić information content (AvgIpc) is 2.97. The van der Waals surface area contributed by atoms with Crippen LogP contribution in [0.15, 0.2) is 139 Å². The van der Waals surface area contributed by atoms with Gasteiger partial charge in [-0.25, -0.2) is 0 Å². The quantitative estimate of drug-likeness (QED) is 0.120. The third kappa shape index (κ3) is 5.57. The van der Waals surface area contributed by atoms with E-state index in [0.717, 1.165) is 46.7 Å². The van der Waals surface area contributed by atoms with Crippen LogP contribution in [0.5, 0.6) is 0 Å². The van der Waals surface area contributed by atoms with Crippen molar-refractivity contribution < 1.29 is 14.1 Å². The van der Waals surface area contributed by atoms with Gasteiger partial charge in [-0.3, -0.25) is 4.79 Å². The summed E-state index contributed by atoms with van der Waals surface area (Å²) in [6, 6.07) is 32.6. The van der Waals surface area contributed by atoms with E-state index in [2.05, 4.69) is 35.8 Å². The molecule has 0 atom stereocenters. The number of hydrogen-bond donors (Lipinski definition) is 0. The lowest BCUT2D eigenvalue weighted by Gasteiger charge is -2.19. The van der Waals surface area contributed by atoms with Gasteiger partial charge < -0.3 is 4.74 Å². The summed E-state index contributed by atoms with van der Waals surface area (Å²) < 4.78 is 8.51. The van der Waals surface area contributed by atoms with Gasteiger partial charge in [0.1, 0.15) is 24.3 Å². The van der Waals surface area contributed by atoms with Crippen LogP contribution in [-0.2, 0) is 16.1 Å². The van der Waals surface area contributed by atoms with Crippen molar-refractivity contribution in [3.05, 3.63) is 155 Å². The molecule has 3 heteroatoms. The van der Waals surface area contributed by atoms with Gasteiger partial charge in [-0.1, -0.05) is 84.9 Å². The van der Waals surface area contributed by atoms with Crippen LogP contribution in [0.3, 0.4) is 0 Å². The molecule has 1 aliphatic rings. The standard InChI is InChI=1S/C34H28NO2/c1-2-35-31(22-20-28-11-9-10-16-32(28)35)21-19-26(25-36)17-18-27-23-33(29-12-5-3-6-13-29)37-34(24-27)30-14-7-4-8-15-30/h3-25H,2H2,1H3/q+1/b21-19+,26-17-. The number of ether oxygens (including phenoxy) is 1. The van der Waals surface area contributed by atoms with Gasteiger partial charge in [0.25, 0.3) is 0 Å². The van der Waals surface area contributed by atoms with Gasteiger partial charge in [-0.15, -0.1) is 0 Å². The van der Waals surface area contributed by atoms with E-state index in [9.17, 15) is 4.79 Å². The number of carbonyl (C=O) groups excluding carboxylic acids is 1. The smallest absolute Gasteiger partial charge is 0.212 e. The van der Waals surface area contributed by atoms with E-state index < -0.39 is 0 Å². The predicted molar refractivity (Wildman–Crippen MR) is 151 cm³/mol. The molecular weight excluding hydrogens is 454 g/mol. The molecule has 3 nitrogen and oxygen atoms in total. The Bertz CT molecular complexity index is 1510. The second-order valence-electron chi connectivity index (χ2n) is 8.70. The Labute approximate surface area is 217 Å². The molecule has 1 aromatic heterocycles. The minimum absolute atomic E-state index is 0.583. The first-order valence-electron chi connectivity index (χ1n) is 12.4. The van der Waals surface area contributed by atoms with Crippen molar-refractivity contribution in [2.75, 3.05) is 0 Å². The maximum atomic E-state index is 11.9. The molecular formula is C34H28NO2+. The van der Waals surface area contributed by atoms with E-state index in [4.69, 9.17) is 4.74 Å². The van der Waals surface area contributed by atoms with Crippen molar-refractivity contribution in [1.29, 1.82) is 0 Å². The first kappa shape index (κ1) is 24.0. The Kier molecular flexibility index (Phi) is 7.33. The number of rotatable bonds is 7. The molecule has 2 heterocycles. The fourth-order valence-corrected chi connectivity index (χ4v) is 4.39. The van der Waals surface area contributed by atoms with E-state index in [1.54, 1.807) is 0 Å². The largest absolute Gasteiger partial charge is 0.456 e. The SMILES string of the molecule is CC[n+]1c(/C=C/C(C=O)=C/C=C2C=C(c3ccccc3)OC(c3ccccc3)=C2)ccc2ccccc21. The second kappa shape index (κ2) is 11.3. The molecule has 0 radical (unpaired) electrons. The molecule has 1 aliphatic heterocycles. The number of para-hydroxylation sites is 1. The third-order valence-electron chi connectivity index (χ3n) is 6.27. The zero-order chi connectivity index (χ0) is 25.5. The van der Waals surface area contributed by atoms with Crippen molar-refractivity contribution in [1.82, 2.24) is 0 Å². The Morgan fingerprint density at radius 1 is 0.784 bits per heavy atom. The van der Waals surface area contributed by atoms with Crippen LogP contribution in [-0.4, -0.2) is 6.29 Å². The lowest BCUT2D eigenvalue weighted by molar-refractivity contribution is -0.669. The molecule has 0 bridgehead atoms. The molecule has 37 heavy (non-hydrogen) atoms. The van der Waals surface area contributed by atoms with E-state index in [0.29, 0.717) is 5.57 Å². The first-order valence-corrected chi connectivity index (χ1v) is 12.4. The van der Waals surface area contributed by atoms with Crippen LogP contribution >= 0.6 is 0 Å². The monoisotopic (exact) mass is 482 g/mol. The Morgan fingerprint density at radius 2 is 1.41 bits per heavy atom. The first-order chi connectivity index (χ1) is 18.2. The highest BCUT2D eigenvalue weighted by Crippen LogP contribution is 2.32. The van der Waals surface area contributed by atoms with Crippen LogP contribution in [0.1, 0.15) is 23.7 Å². The van der Waals surface area contributed by atoms with Gasteiger partial charge in [0.05, 0.1) is 0 Å². The predicted octanol–water partition coefficient (Wildman–Crippen LogP) is 7.32. The molecule has 0 saturated carbocycles. The van der Waals surface area contributed by atoms with Crippen molar-refractivity contribution in [3.63, 3.8) is 0 Å². The molecule has 180 valence electrons. The van der Waals surface area contributed by atoms with Gasteiger partial charge in [0, 0.05) is 40.3 Å². The number of benzene rings is 3. The van der Waals surface area contributed by atoms with Gasteiger partial charge in [0.15, 0.2) is 0 Å². The minimum atomic E-state index is 0.583. The second-order valence-corrected chi connectivity index (χ2v) is 8.70. The maximum Gasteiger partial charge on any atom is 0.212 e. The molecule has 3 aromatic carbocycles. The average molecular weight is 483 g/mol. The minimum Gasteiger partial charge on any atom is -0.456 e. The number of allylic oxidation sites excluding steroid dienone is 7. The summed E-state index contributed by atoms with van der Waals surface area (Å²) in [4.78, 5) is 11.9. The Hall–Kier alpha value is -4.76. The summed E-state index contributed by atoms with van der Waals surface area (Å²) in [5, 5.41) is 1.19. The van der Waals surface area contributed by atoms with Crippen LogP contribution in [0.25, 0.3) is 28.5 Å². The highest BCUT2D eigenvalue weighted by atomic mass is 16.5. The molecule has 0 fully saturated rings. The van der Waals surface area contributed by atoms with Gasteiger partial charge >= 0.3 is 0 Å². The summed E-state index contributed by atoms with van der Waals surface area (Å²) in [7, 11) is 0. The number of pyridine rings is 1. The molecule has 5 rings (SSSR count). The fraction of sp³-hybridized carbons (Fsp3) is 0.0588. The topological polar surface area (TPSA) is 30.2 Å². The summed E-state index contributed by atoms with van der Waals surface area (Å²) >= 11 is 0. The number of aryl methyl sites for hydroxylation is 1. The molecule has 0 amide bonds. The summed E-state index contributed by atoms with van der Waals surface area (Å²) in [5.74, 6) is 1.54. The van der Waals surface area contributed by atoms with Crippen LogP contribution in [0.2, 0.25) is 0 Å². The number of hydrogen-bond acceptors (Lipinski definition) is 2. The highest BCUT2D eigenvalue weighted by Gasteiger charge is 2.15. The van der Waals surface area contributed by atoms with Gasteiger partial charge in [0.2, 0.25) is 11.2 Å². The normalized spacial score (nSPS) is 13.8. The molecule has 0 N–H and O–H groups in total. The van der Waals surface area contributed by atoms with E-state index >= 15 is 0 Å². The molecule has 0 saturated heterocycles. The number of aldehydes is 1. The number of aromatic nitrogens is 1. The fourth-order valence-electron chi connectivity index (χ4n) is 4.39. The van der Waals surface area contributed by atoms with Crippen LogP contribution < -0.4 is 4.57 Å². The van der Waals surface area contributed by atoms with Crippen molar-refractivity contribution in [3.8, 4) is 0 Å². The van der Waals surface area contributed by atoms with Gasteiger partial charge in [-0.2, -0.15) is 4.57 Å². The summed E-state index contributed by atoms with van der Waals surface area (Å²) in [6.45, 7) is 2.97. The summed E-state index contributed by atoms with van der Waals surface area (Å²) in [5.41, 5.74) is 5.74. The van der Waals surface area contributed by atoms with Crippen LogP contribution in [0, 0.1) is 0 Å². The highest BCUT2D eigenvalue weighted by molar-refractivity contribution is 5.82. The molecule has 0 aliphatic carbocycles. The Morgan fingerprint density at radius 3 is 2.03 bits per heavy atom. The molecule has 0 spiro atoms. The lowest BCUT2D eigenvalue weighted by Crippen LogP contribution is -2.36. The van der Waals surface area contributed by atoms with E-state index in [-0.39, 0.29) is 0 Å². The zero-order valence-electron chi connectivity index (χ0n) is 20.7. The molecule has 4 aromatic rings. The lowest BCUT2D eigenvalue weighted by atomic mass is 10.0. The third-order valence-corrected chi connectivity index (χ3v) is 6.27. The number of nitrogens with zero attached hydrogens (tertiary/aromatic N) is 1. The number of fused-ring (bicyclic) bond motifs is 1. The molecule has 0 unspecified atom stereocenters. The van der Waals surface area contributed by atoms with Crippen molar-refractivity contribution in [2.45, 2.75) is 13.5 Å². The Balaban J connectivity index is 1.49. The zero-order valence-corrected chi connectivity index (χ0v) is 20.7. The van der Waals surface area contributed by atoms with Crippen LogP contribution in [0.4, 0.5) is 0 Å². The summed E-state index contributed by atoms with van der Waals surface area (Å²) in [6.07, 6.45) is 12.5. The maximum absolute atomic E-state index is 11.9.